The van der Waals surface area contributed by atoms with Crippen molar-refractivity contribution in [2.75, 3.05) is 20.2 Å². The minimum Gasteiger partial charge on any atom is -0.496 e. The Labute approximate surface area is 127 Å². The number of nitrogens with two attached hydrogens (primary N) is 1. The van der Waals surface area contributed by atoms with Crippen molar-refractivity contribution < 1.29 is 13.2 Å². The molecule has 2 N–H and O–H groups in total. The average Bonchev–Trinajstić information content (AvgIpc) is 2.45. The number of rotatable bonds is 4. The summed E-state index contributed by atoms with van der Waals surface area (Å²) in [7, 11) is -1.88. The summed E-state index contributed by atoms with van der Waals surface area (Å²) in [6.07, 6.45) is 5.26. The lowest BCUT2D eigenvalue weighted by Crippen LogP contribution is -2.33. The van der Waals surface area contributed by atoms with E-state index in [9.17, 15) is 8.42 Å². The molecule has 5 nitrogen and oxygen atoms in total. The first-order valence-electron chi connectivity index (χ1n) is 7.46. The largest absolute Gasteiger partial charge is 0.496 e. The van der Waals surface area contributed by atoms with Gasteiger partial charge in [0.2, 0.25) is 10.0 Å². The van der Waals surface area contributed by atoms with Gasteiger partial charge in [-0.1, -0.05) is 19.3 Å². The summed E-state index contributed by atoms with van der Waals surface area (Å²) in [5, 5.41) is 0. The van der Waals surface area contributed by atoms with Gasteiger partial charge >= 0.3 is 0 Å². The molecule has 0 aromatic heterocycles. The Morgan fingerprint density at radius 2 is 1.76 bits per heavy atom. The summed E-state index contributed by atoms with van der Waals surface area (Å²) in [5.41, 5.74) is 6.39. The van der Waals surface area contributed by atoms with Crippen molar-refractivity contribution in [3.63, 3.8) is 0 Å². The maximum absolute atomic E-state index is 12.8. The third kappa shape index (κ3) is 3.75. The zero-order chi connectivity index (χ0) is 15.3. The Kier molecular flexibility index (Phi) is 5.61. The van der Waals surface area contributed by atoms with Gasteiger partial charge in [-0.2, -0.15) is 4.31 Å². The number of benzene rings is 1. The van der Waals surface area contributed by atoms with Crippen LogP contribution < -0.4 is 10.5 Å². The predicted octanol–water partition coefficient (Wildman–Crippen LogP) is 2.11. The van der Waals surface area contributed by atoms with Crippen LogP contribution in [0.3, 0.4) is 0 Å². The van der Waals surface area contributed by atoms with Crippen molar-refractivity contribution in [3.8, 4) is 5.75 Å². The third-order valence-electron chi connectivity index (χ3n) is 3.92. The third-order valence-corrected chi connectivity index (χ3v) is 5.82. The molecule has 118 valence electrons. The maximum Gasteiger partial charge on any atom is 0.243 e. The predicted molar refractivity (Wildman–Crippen MR) is 82.7 cm³/mol. The first kappa shape index (κ1) is 16.3. The zero-order valence-corrected chi connectivity index (χ0v) is 13.4. The lowest BCUT2D eigenvalue weighted by Gasteiger charge is -2.24. The van der Waals surface area contributed by atoms with Crippen LogP contribution in [0, 0.1) is 0 Å². The highest BCUT2D eigenvalue weighted by molar-refractivity contribution is 7.89. The van der Waals surface area contributed by atoms with E-state index >= 15 is 0 Å². The van der Waals surface area contributed by atoms with Crippen molar-refractivity contribution in [1.29, 1.82) is 0 Å². The normalized spacial score (nSPS) is 18.0. The second-order valence-electron chi connectivity index (χ2n) is 5.35. The lowest BCUT2D eigenvalue weighted by atomic mass is 10.1. The van der Waals surface area contributed by atoms with Crippen LogP contribution in [-0.2, 0) is 16.6 Å². The van der Waals surface area contributed by atoms with Gasteiger partial charge in [-0.25, -0.2) is 8.42 Å². The molecular weight excluding hydrogens is 288 g/mol. The number of ether oxygens (including phenoxy) is 1. The van der Waals surface area contributed by atoms with Crippen LogP contribution in [0.5, 0.6) is 5.75 Å². The molecule has 1 heterocycles. The van der Waals surface area contributed by atoms with Gasteiger partial charge in [-0.15, -0.1) is 0 Å². The fraction of sp³-hybridized carbons (Fsp3) is 0.600. The molecule has 1 aromatic carbocycles. The van der Waals surface area contributed by atoms with E-state index in [1.807, 2.05) is 0 Å². The molecule has 0 atom stereocenters. The van der Waals surface area contributed by atoms with E-state index in [-0.39, 0.29) is 6.54 Å². The first-order chi connectivity index (χ1) is 10.1. The van der Waals surface area contributed by atoms with E-state index < -0.39 is 10.0 Å². The number of nitrogens with zero attached hydrogens (tertiary/aromatic N) is 1. The highest BCUT2D eigenvalue weighted by Crippen LogP contribution is 2.25. The van der Waals surface area contributed by atoms with Gasteiger partial charge < -0.3 is 10.5 Å². The Hall–Kier alpha value is -1.11. The van der Waals surface area contributed by atoms with Gasteiger partial charge in [0.25, 0.3) is 0 Å². The Balaban J connectivity index is 2.29. The van der Waals surface area contributed by atoms with Crippen molar-refractivity contribution in [1.82, 2.24) is 4.31 Å². The lowest BCUT2D eigenvalue weighted by molar-refractivity contribution is 0.364. The molecule has 0 aliphatic carbocycles. The van der Waals surface area contributed by atoms with E-state index in [1.54, 1.807) is 29.6 Å². The smallest absolute Gasteiger partial charge is 0.243 e. The summed E-state index contributed by atoms with van der Waals surface area (Å²) >= 11 is 0. The highest BCUT2D eigenvalue weighted by atomic mass is 32.2. The Morgan fingerprint density at radius 3 is 2.33 bits per heavy atom. The molecule has 1 aliphatic heterocycles. The van der Waals surface area contributed by atoms with E-state index in [4.69, 9.17) is 10.5 Å². The zero-order valence-electron chi connectivity index (χ0n) is 12.5. The minimum atomic E-state index is -3.44. The van der Waals surface area contributed by atoms with E-state index in [2.05, 4.69) is 0 Å². The molecule has 1 aliphatic rings. The molecule has 0 unspecified atom stereocenters. The molecule has 0 bridgehead atoms. The second kappa shape index (κ2) is 7.24. The van der Waals surface area contributed by atoms with Crippen LogP contribution in [-0.4, -0.2) is 32.9 Å². The first-order valence-corrected chi connectivity index (χ1v) is 8.90. The van der Waals surface area contributed by atoms with Crippen LogP contribution in [0.15, 0.2) is 23.1 Å². The van der Waals surface area contributed by atoms with Crippen LogP contribution in [0.1, 0.15) is 37.7 Å². The SMILES string of the molecule is COc1ccc(S(=O)(=O)N2CCCCCCC2)cc1CN. The fourth-order valence-corrected chi connectivity index (χ4v) is 4.25. The van der Waals surface area contributed by atoms with Gasteiger partial charge in [0, 0.05) is 25.2 Å². The Morgan fingerprint density at radius 1 is 1.14 bits per heavy atom. The molecule has 0 amide bonds. The number of sulfonamides is 1. The summed E-state index contributed by atoms with van der Waals surface area (Å²) in [6.45, 7) is 1.46. The summed E-state index contributed by atoms with van der Waals surface area (Å²) in [6, 6.07) is 4.91. The molecule has 1 saturated heterocycles. The quantitative estimate of drug-likeness (QED) is 0.924. The average molecular weight is 312 g/mol. The molecule has 0 saturated carbocycles. The summed E-state index contributed by atoms with van der Waals surface area (Å²) in [5.74, 6) is 0.629. The van der Waals surface area contributed by atoms with Gasteiger partial charge in [-0.3, -0.25) is 0 Å². The van der Waals surface area contributed by atoms with Crippen molar-refractivity contribution in [2.45, 2.75) is 43.5 Å². The highest BCUT2D eigenvalue weighted by Gasteiger charge is 2.25. The van der Waals surface area contributed by atoms with Crippen molar-refractivity contribution >= 4 is 10.0 Å². The van der Waals surface area contributed by atoms with Gasteiger partial charge in [-0.05, 0) is 31.0 Å². The van der Waals surface area contributed by atoms with Crippen LogP contribution in [0.4, 0.5) is 0 Å². The molecular formula is C15H24N2O3S. The Bertz CT molecular complexity index is 564. The topological polar surface area (TPSA) is 72.6 Å². The second-order valence-corrected chi connectivity index (χ2v) is 7.29. The summed E-state index contributed by atoms with van der Waals surface area (Å²) in [4.78, 5) is 0.310. The van der Waals surface area contributed by atoms with Crippen LogP contribution in [0.25, 0.3) is 0 Å². The van der Waals surface area contributed by atoms with Crippen molar-refractivity contribution in [3.05, 3.63) is 23.8 Å². The fourth-order valence-electron chi connectivity index (χ4n) is 2.68. The van der Waals surface area contributed by atoms with Gasteiger partial charge in [0.05, 0.1) is 12.0 Å². The monoisotopic (exact) mass is 312 g/mol. The molecule has 2 rings (SSSR count). The molecule has 0 spiro atoms. The molecule has 1 aromatic rings. The van der Waals surface area contributed by atoms with Gasteiger partial charge in [0.1, 0.15) is 5.75 Å². The number of methoxy groups -OCH3 is 1. The molecule has 0 radical (unpaired) electrons. The standard InChI is InChI=1S/C15H24N2O3S/c1-20-15-8-7-14(11-13(15)12-16)21(18,19)17-9-5-3-2-4-6-10-17/h7-8,11H,2-6,9-10,12,16H2,1H3. The van der Waals surface area contributed by atoms with E-state index in [1.165, 1.54) is 6.42 Å². The number of hydrogen-bond acceptors (Lipinski definition) is 4. The van der Waals surface area contributed by atoms with E-state index in [0.29, 0.717) is 29.3 Å². The van der Waals surface area contributed by atoms with E-state index in [0.717, 1.165) is 25.7 Å². The maximum atomic E-state index is 12.8. The molecule has 1 fully saturated rings. The number of hydrogen-bond donors (Lipinski definition) is 1. The van der Waals surface area contributed by atoms with Crippen molar-refractivity contribution in [2.24, 2.45) is 5.73 Å². The molecule has 6 heteroatoms. The minimum absolute atomic E-state index is 0.256. The van der Waals surface area contributed by atoms with Crippen LogP contribution >= 0.6 is 0 Å². The molecule has 21 heavy (non-hydrogen) atoms. The van der Waals surface area contributed by atoms with Gasteiger partial charge in [0.15, 0.2) is 0 Å². The van der Waals surface area contributed by atoms with Crippen LogP contribution in [0.2, 0.25) is 0 Å². The summed E-state index contributed by atoms with van der Waals surface area (Å²) < 4.78 is 32.3.